The molecule has 0 bridgehead atoms. The smallest absolute Gasteiger partial charge is 0.232 e. The molecule has 0 amide bonds. The maximum Gasteiger partial charge on any atom is 0.232 e. The van der Waals surface area contributed by atoms with Crippen LogP contribution in [-0.2, 0) is 6.54 Å². The fourth-order valence-electron chi connectivity index (χ4n) is 2.88. The molecule has 32 heavy (non-hydrogen) atoms. The molecule has 0 aliphatic rings. The molecule has 2 aromatic heterocycles. The van der Waals surface area contributed by atoms with Crippen molar-refractivity contribution in [2.45, 2.75) is 6.54 Å². The van der Waals surface area contributed by atoms with Crippen molar-refractivity contribution in [1.82, 2.24) is 15.0 Å². The summed E-state index contributed by atoms with van der Waals surface area (Å²) >= 11 is 0. The summed E-state index contributed by atoms with van der Waals surface area (Å²) in [6.07, 6.45) is 1.59. The monoisotopic (exact) mass is 431 g/mol. The molecular weight excluding hydrogens is 410 g/mol. The van der Waals surface area contributed by atoms with Crippen LogP contribution in [0.15, 0.2) is 76.4 Å². The van der Waals surface area contributed by atoms with Crippen LogP contribution in [0.1, 0.15) is 17.1 Å². The molecule has 10 heteroatoms. The summed E-state index contributed by atoms with van der Waals surface area (Å²) in [5.74, 6) is 8.11. The van der Waals surface area contributed by atoms with Gasteiger partial charge in [-0.15, -0.1) is 0 Å². The van der Waals surface area contributed by atoms with Gasteiger partial charge in [0, 0.05) is 11.3 Å². The van der Waals surface area contributed by atoms with E-state index in [4.69, 9.17) is 15.0 Å². The number of hydrogen-bond donors (Lipinski definition) is 4. The van der Waals surface area contributed by atoms with E-state index in [1.165, 1.54) is 12.1 Å². The van der Waals surface area contributed by atoms with Crippen molar-refractivity contribution in [2.24, 2.45) is 10.9 Å². The molecule has 0 aliphatic heterocycles. The fraction of sp³-hybridized carbons (Fsp3) is 0.0909. The zero-order valence-corrected chi connectivity index (χ0v) is 17.2. The molecule has 4 rings (SSSR count). The van der Waals surface area contributed by atoms with Gasteiger partial charge in [0.05, 0.1) is 19.9 Å². The zero-order chi connectivity index (χ0) is 22.3. The Morgan fingerprint density at radius 1 is 1.03 bits per heavy atom. The second-order valence-electron chi connectivity index (χ2n) is 6.62. The van der Waals surface area contributed by atoms with E-state index in [0.717, 1.165) is 17.2 Å². The Bertz CT molecular complexity index is 1190. The van der Waals surface area contributed by atoms with Crippen molar-refractivity contribution < 1.29 is 14.3 Å². The second-order valence-corrected chi connectivity index (χ2v) is 6.62. The highest BCUT2D eigenvalue weighted by molar-refractivity contribution is 6.10. The van der Waals surface area contributed by atoms with Crippen LogP contribution in [0.25, 0.3) is 0 Å². The predicted molar refractivity (Wildman–Crippen MR) is 120 cm³/mol. The van der Waals surface area contributed by atoms with Crippen molar-refractivity contribution >= 4 is 23.3 Å². The Kier molecular flexibility index (Phi) is 6.12. The summed E-state index contributed by atoms with van der Waals surface area (Å²) in [5, 5.41) is 19.7. The third-order valence-electron chi connectivity index (χ3n) is 4.46. The van der Waals surface area contributed by atoms with Gasteiger partial charge in [-0.25, -0.2) is 0 Å². The highest BCUT2D eigenvalue weighted by atomic mass is 16.5. The largest absolute Gasteiger partial charge is 0.508 e. The van der Waals surface area contributed by atoms with Crippen LogP contribution in [0, 0.1) is 0 Å². The number of nitrogens with two attached hydrogens (primary N) is 1. The minimum atomic E-state index is 0.128. The number of phenols is 1. The molecule has 0 spiro atoms. The minimum absolute atomic E-state index is 0.128. The molecule has 4 aromatic rings. The standard InChI is InChI=1S/C22H21N7O3/c1-31-17-10-6-15(7-11-17)25-22-27-20(19(29-23)14-4-8-16(30)9-5-14)26-21(28-22)24-13-18-3-2-12-32-18/h2-12,30H,13,23H2,1H3,(H2,24,25,26,27,28)/b29-19+. The van der Waals surface area contributed by atoms with Crippen LogP contribution < -0.4 is 21.2 Å². The number of rotatable bonds is 8. The third-order valence-corrected chi connectivity index (χ3v) is 4.46. The number of hydrazone groups is 1. The highest BCUT2D eigenvalue weighted by Crippen LogP contribution is 2.20. The van der Waals surface area contributed by atoms with Gasteiger partial charge in [0.1, 0.15) is 23.0 Å². The fourth-order valence-corrected chi connectivity index (χ4v) is 2.88. The summed E-state index contributed by atoms with van der Waals surface area (Å²) in [7, 11) is 1.61. The third kappa shape index (κ3) is 4.93. The van der Waals surface area contributed by atoms with Gasteiger partial charge in [-0.1, -0.05) is 0 Å². The number of benzene rings is 2. The van der Waals surface area contributed by atoms with Gasteiger partial charge in [0.25, 0.3) is 0 Å². The van der Waals surface area contributed by atoms with E-state index in [-0.39, 0.29) is 11.6 Å². The summed E-state index contributed by atoms with van der Waals surface area (Å²) in [6, 6.07) is 17.4. The average molecular weight is 431 g/mol. The lowest BCUT2D eigenvalue weighted by molar-refractivity contribution is 0.415. The van der Waals surface area contributed by atoms with Gasteiger partial charge in [0.2, 0.25) is 11.9 Å². The summed E-state index contributed by atoms with van der Waals surface area (Å²) in [6.45, 7) is 0.382. The number of hydrogen-bond acceptors (Lipinski definition) is 10. The molecule has 0 saturated carbocycles. The summed E-state index contributed by atoms with van der Waals surface area (Å²) < 4.78 is 10.5. The Morgan fingerprint density at radius 3 is 2.44 bits per heavy atom. The second kappa shape index (κ2) is 9.47. The molecule has 0 radical (unpaired) electrons. The van der Waals surface area contributed by atoms with Gasteiger partial charge < -0.3 is 30.7 Å². The molecule has 0 fully saturated rings. The molecule has 5 N–H and O–H groups in total. The Labute approximate surface area is 183 Å². The Balaban J connectivity index is 1.67. The quantitative estimate of drug-likeness (QED) is 0.188. The van der Waals surface area contributed by atoms with E-state index >= 15 is 0 Å². The Hall–Kier alpha value is -4.60. The SMILES string of the molecule is COc1ccc(Nc2nc(NCc3ccco3)nc(/C(=N/N)c3ccc(O)cc3)n2)cc1. The van der Waals surface area contributed by atoms with E-state index in [2.05, 4.69) is 30.7 Å². The number of anilines is 3. The van der Waals surface area contributed by atoms with Crippen molar-refractivity contribution in [3.05, 3.63) is 84.1 Å². The van der Waals surface area contributed by atoms with Gasteiger partial charge in [-0.3, -0.25) is 0 Å². The highest BCUT2D eigenvalue weighted by Gasteiger charge is 2.15. The first-order valence-corrected chi connectivity index (χ1v) is 9.65. The molecule has 0 unspecified atom stereocenters. The Morgan fingerprint density at radius 2 is 1.78 bits per heavy atom. The number of furan rings is 1. The number of aromatic nitrogens is 3. The number of methoxy groups -OCH3 is 1. The van der Waals surface area contributed by atoms with Crippen LogP contribution in [0.5, 0.6) is 11.5 Å². The van der Waals surface area contributed by atoms with Crippen LogP contribution in [0.3, 0.4) is 0 Å². The molecular formula is C22H21N7O3. The van der Waals surface area contributed by atoms with Crippen molar-refractivity contribution in [3.8, 4) is 11.5 Å². The van der Waals surface area contributed by atoms with E-state index < -0.39 is 0 Å². The van der Waals surface area contributed by atoms with Crippen LogP contribution in [-0.4, -0.2) is 32.9 Å². The van der Waals surface area contributed by atoms with Crippen LogP contribution in [0.2, 0.25) is 0 Å². The van der Waals surface area contributed by atoms with Gasteiger partial charge in [-0.05, 0) is 60.7 Å². The number of ether oxygens (including phenoxy) is 1. The molecule has 0 saturated heterocycles. The first-order valence-electron chi connectivity index (χ1n) is 9.65. The van der Waals surface area contributed by atoms with Crippen molar-refractivity contribution in [2.75, 3.05) is 17.7 Å². The van der Waals surface area contributed by atoms with Crippen LogP contribution >= 0.6 is 0 Å². The number of nitrogens with one attached hydrogen (secondary N) is 2. The lowest BCUT2D eigenvalue weighted by Gasteiger charge is -2.11. The molecule has 2 aromatic carbocycles. The maximum absolute atomic E-state index is 9.58. The maximum atomic E-state index is 9.58. The topological polar surface area (TPSA) is 144 Å². The van der Waals surface area contributed by atoms with E-state index in [1.54, 1.807) is 31.6 Å². The van der Waals surface area contributed by atoms with Gasteiger partial charge in [0.15, 0.2) is 5.82 Å². The number of aromatic hydroxyl groups is 1. The van der Waals surface area contributed by atoms with Gasteiger partial charge in [-0.2, -0.15) is 20.1 Å². The molecule has 10 nitrogen and oxygen atoms in total. The molecule has 162 valence electrons. The van der Waals surface area contributed by atoms with E-state index in [9.17, 15) is 5.11 Å². The predicted octanol–water partition coefficient (Wildman–Crippen LogP) is 3.25. The van der Waals surface area contributed by atoms with Crippen molar-refractivity contribution in [1.29, 1.82) is 0 Å². The lowest BCUT2D eigenvalue weighted by Crippen LogP contribution is -2.16. The number of phenolic OH excluding ortho intramolecular Hbond substituents is 1. The summed E-state index contributed by atoms with van der Waals surface area (Å²) in [4.78, 5) is 13.4. The minimum Gasteiger partial charge on any atom is -0.508 e. The molecule has 2 heterocycles. The molecule has 0 atom stereocenters. The van der Waals surface area contributed by atoms with E-state index in [0.29, 0.717) is 29.7 Å². The normalized spacial score (nSPS) is 11.2. The number of nitrogens with zero attached hydrogens (tertiary/aromatic N) is 4. The van der Waals surface area contributed by atoms with Gasteiger partial charge >= 0.3 is 0 Å². The summed E-state index contributed by atoms with van der Waals surface area (Å²) in [5.41, 5.74) is 1.74. The van der Waals surface area contributed by atoms with Crippen LogP contribution in [0.4, 0.5) is 17.6 Å². The van der Waals surface area contributed by atoms with Crippen molar-refractivity contribution in [3.63, 3.8) is 0 Å². The molecule has 0 aliphatic carbocycles. The first-order chi connectivity index (χ1) is 15.6. The zero-order valence-electron chi connectivity index (χ0n) is 17.2. The average Bonchev–Trinajstić information content (AvgIpc) is 3.34. The van der Waals surface area contributed by atoms with E-state index in [1.807, 2.05) is 30.3 Å². The first kappa shape index (κ1) is 20.7. The lowest BCUT2D eigenvalue weighted by atomic mass is 10.1.